The van der Waals surface area contributed by atoms with Gasteiger partial charge in [-0.05, 0) is 65.1 Å². The fourth-order valence-corrected chi connectivity index (χ4v) is 4.88. The van der Waals surface area contributed by atoms with Crippen LogP contribution in [0.4, 0.5) is 8.78 Å². The first kappa shape index (κ1) is 26.7. The molecule has 2 aromatic heterocycles. The lowest BCUT2D eigenvalue weighted by Crippen LogP contribution is -2.32. The van der Waals surface area contributed by atoms with Crippen molar-refractivity contribution in [2.75, 3.05) is 0 Å². The molecular weight excluding hydrogens is 512 g/mol. The highest BCUT2D eigenvalue weighted by Crippen LogP contribution is 2.30. The van der Waals surface area contributed by atoms with E-state index in [-0.39, 0.29) is 18.7 Å². The van der Waals surface area contributed by atoms with Gasteiger partial charge in [0.15, 0.2) is 0 Å². The number of amides is 2. The van der Waals surface area contributed by atoms with E-state index in [0.717, 1.165) is 28.1 Å². The van der Waals surface area contributed by atoms with Gasteiger partial charge in [0.2, 0.25) is 11.8 Å². The van der Waals surface area contributed by atoms with Crippen LogP contribution < -0.4 is 16.8 Å². The van der Waals surface area contributed by atoms with E-state index in [1.54, 1.807) is 42.7 Å². The molecule has 0 bridgehead atoms. The summed E-state index contributed by atoms with van der Waals surface area (Å²) in [5.41, 5.74) is 16.3. The summed E-state index contributed by atoms with van der Waals surface area (Å²) < 4.78 is 28.1. The van der Waals surface area contributed by atoms with Gasteiger partial charge < -0.3 is 21.8 Å². The van der Waals surface area contributed by atoms with Gasteiger partial charge in [-0.25, -0.2) is 8.78 Å². The van der Waals surface area contributed by atoms with Crippen LogP contribution in [-0.4, -0.2) is 21.8 Å². The minimum absolute atomic E-state index is 0.0648. The molecule has 202 valence electrons. The van der Waals surface area contributed by atoms with Crippen molar-refractivity contribution in [3.8, 4) is 11.1 Å². The van der Waals surface area contributed by atoms with E-state index in [4.69, 9.17) is 11.5 Å². The van der Waals surface area contributed by atoms with Crippen LogP contribution in [0.15, 0.2) is 85.2 Å². The summed E-state index contributed by atoms with van der Waals surface area (Å²) in [6.45, 7) is 0.405. The van der Waals surface area contributed by atoms with Crippen molar-refractivity contribution in [1.82, 2.24) is 15.3 Å². The molecule has 0 saturated heterocycles. The van der Waals surface area contributed by atoms with Gasteiger partial charge >= 0.3 is 0 Å². The van der Waals surface area contributed by atoms with Crippen LogP contribution in [0.2, 0.25) is 0 Å². The summed E-state index contributed by atoms with van der Waals surface area (Å²) in [4.78, 5) is 32.9. The van der Waals surface area contributed by atoms with E-state index in [2.05, 4.69) is 15.3 Å². The third-order valence-corrected chi connectivity index (χ3v) is 6.74. The Morgan fingerprint density at radius 3 is 2.50 bits per heavy atom. The molecule has 0 aliphatic rings. The molecule has 40 heavy (non-hydrogen) atoms. The molecule has 9 heteroatoms. The second kappa shape index (κ2) is 11.5. The quantitative estimate of drug-likeness (QED) is 0.216. The molecule has 2 heterocycles. The first-order valence-corrected chi connectivity index (χ1v) is 12.7. The maximum atomic E-state index is 14.1. The Kier molecular flexibility index (Phi) is 7.65. The molecular formula is C31H27F2N5O2. The Balaban J connectivity index is 1.50. The van der Waals surface area contributed by atoms with Crippen LogP contribution >= 0.6 is 0 Å². The molecule has 0 aliphatic heterocycles. The lowest BCUT2D eigenvalue weighted by molar-refractivity contribution is -0.121. The molecule has 1 atom stereocenters. The van der Waals surface area contributed by atoms with Crippen molar-refractivity contribution < 1.29 is 18.4 Å². The monoisotopic (exact) mass is 539 g/mol. The number of carbonyl (C=O) groups excluding carboxylic acids is 2. The largest absolute Gasteiger partial charge is 0.366 e. The summed E-state index contributed by atoms with van der Waals surface area (Å²) in [6, 6.07) is 18.6. The molecule has 0 fully saturated rings. The number of benzene rings is 3. The van der Waals surface area contributed by atoms with Gasteiger partial charge in [-0.2, -0.15) is 0 Å². The van der Waals surface area contributed by atoms with Crippen LogP contribution in [0.5, 0.6) is 0 Å². The van der Waals surface area contributed by atoms with Crippen LogP contribution in [0, 0.1) is 11.6 Å². The Labute approximate surface area is 229 Å². The fraction of sp³-hybridized carbons (Fsp3) is 0.129. The standard InChI is InChI=1S/C31H27F2N5O2/c32-23-9-19(10-24(33)15-23)12-28(30-26(5-2-8-36-30)20-3-1-4-21(13-20)31(35)40)38-29(39)14-22-17-37-27-11-18(16-34)6-7-25(22)27/h1-11,13,15,17,28,37H,12,14,16,34H2,(H2,35,40)(H,38,39). The first-order valence-electron chi connectivity index (χ1n) is 12.7. The van der Waals surface area contributed by atoms with E-state index in [1.807, 2.05) is 24.3 Å². The summed E-state index contributed by atoms with van der Waals surface area (Å²) in [7, 11) is 0. The second-order valence-corrected chi connectivity index (χ2v) is 9.56. The van der Waals surface area contributed by atoms with Crippen molar-refractivity contribution in [2.24, 2.45) is 11.5 Å². The summed E-state index contributed by atoms with van der Waals surface area (Å²) >= 11 is 0. The molecule has 1 unspecified atom stereocenters. The van der Waals surface area contributed by atoms with E-state index in [9.17, 15) is 18.4 Å². The number of hydrogen-bond donors (Lipinski definition) is 4. The van der Waals surface area contributed by atoms with Gasteiger partial charge in [-0.15, -0.1) is 0 Å². The van der Waals surface area contributed by atoms with Crippen molar-refractivity contribution in [3.63, 3.8) is 0 Å². The van der Waals surface area contributed by atoms with Crippen LogP contribution in [0.1, 0.15) is 38.8 Å². The van der Waals surface area contributed by atoms with E-state index < -0.39 is 23.6 Å². The van der Waals surface area contributed by atoms with E-state index in [0.29, 0.717) is 34.5 Å². The molecule has 3 aromatic carbocycles. The number of pyridine rings is 1. The second-order valence-electron chi connectivity index (χ2n) is 9.56. The first-order chi connectivity index (χ1) is 19.3. The molecule has 6 N–H and O–H groups in total. The molecule has 0 spiro atoms. The summed E-state index contributed by atoms with van der Waals surface area (Å²) in [6.07, 6.45) is 3.50. The molecule has 5 rings (SSSR count). The van der Waals surface area contributed by atoms with Gasteiger partial charge in [-0.3, -0.25) is 14.6 Å². The third-order valence-electron chi connectivity index (χ3n) is 6.74. The zero-order chi connectivity index (χ0) is 28.2. The number of aromatic nitrogens is 2. The summed E-state index contributed by atoms with van der Waals surface area (Å²) in [5.74, 6) is -2.31. The number of carbonyl (C=O) groups is 2. The normalized spacial score (nSPS) is 11.9. The third kappa shape index (κ3) is 5.89. The molecule has 0 aliphatic carbocycles. The molecule has 2 amide bonds. The Hall–Kier alpha value is -4.89. The highest BCUT2D eigenvalue weighted by atomic mass is 19.1. The van der Waals surface area contributed by atoms with Gasteiger partial charge in [0, 0.05) is 47.0 Å². The van der Waals surface area contributed by atoms with Gasteiger partial charge in [0.1, 0.15) is 11.6 Å². The topological polar surface area (TPSA) is 127 Å². The molecule has 7 nitrogen and oxygen atoms in total. The number of rotatable bonds is 9. The number of nitrogens with two attached hydrogens (primary N) is 2. The number of hydrogen-bond acceptors (Lipinski definition) is 4. The number of aromatic amines is 1. The van der Waals surface area contributed by atoms with Crippen molar-refractivity contribution >= 4 is 22.7 Å². The zero-order valence-electron chi connectivity index (χ0n) is 21.5. The highest BCUT2D eigenvalue weighted by molar-refractivity contribution is 5.94. The predicted molar refractivity (Wildman–Crippen MR) is 149 cm³/mol. The van der Waals surface area contributed by atoms with Gasteiger partial charge in [-0.1, -0.05) is 30.3 Å². The Bertz CT molecular complexity index is 1700. The molecule has 5 aromatic rings. The van der Waals surface area contributed by atoms with Crippen LogP contribution in [-0.2, 0) is 24.2 Å². The summed E-state index contributed by atoms with van der Waals surface area (Å²) in [5, 5.41) is 3.92. The lowest BCUT2D eigenvalue weighted by atomic mass is 9.94. The Morgan fingerprint density at radius 2 is 1.75 bits per heavy atom. The average Bonchev–Trinajstić information content (AvgIpc) is 3.33. The average molecular weight is 540 g/mol. The van der Waals surface area contributed by atoms with Crippen molar-refractivity contribution in [2.45, 2.75) is 25.4 Å². The smallest absolute Gasteiger partial charge is 0.248 e. The molecule has 0 saturated carbocycles. The number of nitrogens with zero attached hydrogens (tertiary/aromatic N) is 1. The van der Waals surface area contributed by atoms with E-state index >= 15 is 0 Å². The lowest BCUT2D eigenvalue weighted by Gasteiger charge is -2.22. The van der Waals surface area contributed by atoms with E-state index in [1.165, 1.54) is 12.1 Å². The fourth-order valence-electron chi connectivity index (χ4n) is 4.88. The zero-order valence-corrected chi connectivity index (χ0v) is 21.5. The maximum Gasteiger partial charge on any atom is 0.248 e. The van der Waals surface area contributed by atoms with Crippen LogP contribution in [0.25, 0.3) is 22.0 Å². The minimum atomic E-state index is -0.740. The van der Waals surface area contributed by atoms with Crippen molar-refractivity contribution in [3.05, 3.63) is 125 Å². The molecule has 0 radical (unpaired) electrons. The van der Waals surface area contributed by atoms with Crippen LogP contribution in [0.3, 0.4) is 0 Å². The maximum absolute atomic E-state index is 14.1. The number of primary amides is 1. The van der Waals surface area contributed by atoms with Crippen molar-refractivity contribution in [1.29, 1.82) is 0 Å². The number of H-pyrrole nitrogens is 1. The number of fused-ring (bicyclic) bond motifs is 1. The number of nitrogens with one attached hydrogen (secondary N) is 2. The SMILES string of the molecule is NCc1ccc2c(CC(=O)NC(Cc3cc(F)cc(F)c3)c3ncccc3-c3cccc(C(N)=O)c3)c[nH]c2c1. The Morgan fingerprint density at radius 1 is 0.950 bits per heavy atom. The minimum Gasteiger partial charge on any atom is -0.366 e. The predicted octanol–water partition coefficient (Wildman–Crippen LogP) is 4.71. The van der Waals surface area contributed by atoms with Gasteiger partial charge in [0.05, 0.1) is 18.2 Å². The van der Waals surface area contributed by atoms with Gasteiger partial charge in [0.25, 0.3) is 0 Å². The highest BCUT2D eigenvalue weighted by Gasteiger charge is 2.22. The number of halogens is 2.